The fourth-order valence-electron chi connectivity index (χ4n) is 4.91. The van der Waals surface area contributed by atoms with Crippen LogP contribution in [0.1, 0.15) is 44.4 Å². The van der Waals surface area contributed by atoms with Gasteiger partial charge in [-0.15, -0.1) is 0 Å². The molecule has 34 heavy (non-hydrogen) atoms. The molecule has 176 valence electrons. The van der Waals surface area contributed by atoms with Crippen LogP contribution in [0.2, 0.25) is 5.02 Å². The van der Waals surface area contributed by atoms with Crippen LogP contribution in [-0.2, 0) is 0 Å². The van der Waals surface area contributed by atoms with Crippen molar-refractivity contribution < 1.29 is 5.11 Å². The second-order valence-corrected chi connectivity index (χ2v) is 9.76. The molecule has 1 aliphatic rings. The van der Waals surface area contributed by atoms with Crippen LogP contribution >= 0.6 is 11.6 Å². The number of aliphatic hydroxyl groups excluding tert-OH is 1. The molecular formula is C26H29ClN6O. The molecule has 0 bridgehead atoms. The predicted molar refractivity (Wildman–Crippen MR) is 138 cm³/mol. The number of fused-ring (bicyclic) bond motifs is 1. The number of aromatic nitrogens is 3. The van der Waals surface area contributed by atoms with Crippen LogP contribution in [-0.4, -0.2) is 31.6 Å². The van der Waals surface area contributed by atoms with Crippen LogP contribution in [0.3, 0.4) is 0 Å². The second kappa shape index (κ2) is 9.25. The van der Waals surface area contributed by atoms with Gasteiger partial charge in [0, 0.05) is 39.9 Å². The molecule has 0 radical (unpaired) electrons. The maximum atomic E-state index is 10.7. The number of nitrogens with two attached hydrogens (primary N) is 1. The second-order valence-electron chi connectivity index (χ2n) is 9.35. The van der Waals surface area contributed by atoms with E-state index in [9.17, 15) is 5.11 Å². The Morgan fingerprint density at radius 3 is 2.82 bits per heavy atom. The number of H-pyrrole nitrogens is 1. The van der Waals surface area contributed by atoms with E-state index in [1.807, 2.05) is 36.5 Å². The molecule has 2 aromatic heterocycles. The number of nitrogen functional groups attached to an aromatic ring is 1. The Bertz CT molecular complexity index is 1290. The van der Waals surface area contributed by atoms with Crippen LogP contribution in [0.4, 0.5) is 11.6 Å². The molecule has 1 fully saturated rings. The van der Waals surface area contributed by atoms with Crippen molar-refractivity contribution >= 4 is 34.1 Å². The summed E-state index contributed by atoms with van der Waals surface area (Å²) in [5.74, 6) is 0.554. The van der Waals surface area contributed by atoms with Gasteiger partial charge < -0.3 is 21.1 Å². The number of para-hydroxylation sites is 1. The van der Waals surface area contributed by atoms with Gasteiger partial charge in [0.05, 0.1) is 16.9 Å². The molecule has 4 aromatic rings. The predicted octanol–water partition coefficient (Wildman–Crippen LogP) is 5.25. The third kappa shape index (κ3) is 4.73. The monoisotopic (exact) mass is 476 g/mol. The van der Waals surface area contributed by atoms with Gasteiger partial charge in [0.25, 0.3) is 0 Å². The summed E-state index contributed by atoms with van der Waals surface area (Å²) in [6, 6.07) is 15.6. The molecule has 0 amide bonds. The summed E-state index contributed by atoms with van der Waals surface area (Å²) in [5, 5.41) is 19.3. The molecule has 0 spiro atoms. The third-order valence-corrected chi connectivity index (χ3v) is 6.91. The molecule has 0 saturated heterocycles. The summed E-state index contributed by atoms with van der Waals surface area (Å²) in [4.78, 5) is 12.5. The first kappa shape index (κ1) is 22.7. The lowest BCUT2D eigenvalue weighted by Crippen LogP contribution is -2.50. The number of nitrogens with zero attached hydrogens (tertiary/aromatic N) is 2. The van der Waals surface area contributed by atoms with Crippen molar-refractivity contribution in [2.45, 2.75) is 50.4 Å². The first-order valence-electron chi connectivity index (χ1n) is 11.6. The Hall–Kier alpha value is -3.13. The SMILES string of the molecule is C[C@]1(NC(O)c2ccc(N)cc2)CCCC(Nc2ncc(Cl)c(-c3c[nH]c4ccccc34)n2)C1. The van der Waals surface area contributed by atoms with E-state index in [1.165, 1.54) is 0 Å². The zero-order chi connectivity index (χ0) is 23.7. The van der Waals surface area contributed by atoms with E-state index in [-0.39, 0.29) is 11.6 Å². The van der Waals surface area contributed by atoms with Crippen molar-refractivity contribution in [1.82, 2.24) is 20.3 Å². The van der Waals surface area contributed by atoms with Crippen LogP contribution in [0.5, 0.6) is 0 Å². The number of anilines is 2. The molecule has 8 heteroatoms. The highest BCUT2D eigenvalue weighted by molar-refractivity contribution is 6.33. The van der Waals surface area contributed by atoms with Crippen molar-refractivity contribution in [3.8, 4) is 11.3 Å². The highest BCUT2D eigenvalue weighted by Gasteiger charge is 2.34. The molecule has 0 aliphatic heterocycles. The standard InChI is InChI=1S/C26H29ClN6O/c1-26(33-24(34)16-8-10-17(28)11-9-16)12-4-5-18(13-26)31-25-30-15-21(27)23(32-25)20-14-29-22-7-3-2-6-19(20)22/h2-3,6-11,14-15,18,24,29,33-34H,4-5,12-13,28H2,1H3,(H,30,31,32)/t18?,24?,26-/m0/s1. The van der Waals surface area contributed by atoms with Crippen molar-refractivity contribution in [2.75, 3.05) is 11.1 Å². The Labute approximate surface area is 203 Å². The third-order valence-electron chi connectivity index (χ3n) is 6.64. The lowest BCUT2D eigenvalue weighted by atomic mass is 9.80. The first-order valence-corrected chi connectivity index (χ1v) is 11.9. The van der Waals surface area contributed by atoms with Crippen molar-refractivity contribution in [3.05, 3.63) is 71.5 Å². The molecule has 5 rings (SSSR count). The number of halogens is 1. The fraction of sp³-hybridized carbons (Fsp3) is 0.308. The van der Waals surface area contributed by atoms with Crippen molar-refractivity contribution in [3.63, 3.8) is 0 Å². The number of aromatic amines is 1. The summed E-state index contributed by atoms with van der Waals surface area (Å²) < 4.78 is 0. The van der Waals surface area contributed by atoms with E-state index >= 15 is 0 Å². The molecule has 7 nitrogen and oxygen atoms in total. The Morgan fingerprint density at radius 1 is 1.21 bits per heavy atom. The number of rotatable bonds is 6. The smallest absolute Gasteiger partial charge is 0.223 e. The number of nitrogens with one attached hydrogen (secondary N) is 3. The zero-order valence-electron chi connectivity index (χ0n) is 19.1. The Kier molecular flexibility index (Phi) is 6.16. The van der Waals surface area contributed by atoms with E-state index < -0.39 is 6.23 Å². The Morgan fingerprint density at radius 2 is 2.00 bits per heavy atom. The lowest BCUT2D eigenvalue weighted by Gasteiger charge is -2.40. The van der Waals surface area contributed by atoms with Gasteiger partial charge in [-0.1, -0.05) is 41.9 Å². The van der Waals surface area contributed by atoms with Crippen LogP contribution in [0, 0.1) is 0 Å². The topological polar surface area (TPSA) is 112 Å². The van der Waals surface area contributed by atoms with Crippen molar-refractivity contribution in [1.29, 1.82) is 0 Å². The average Bonchev–Trinajstić information content (AvgIpc) is 3.24. The Balaban J connectivity index is 1.31. The lowest BCUT2D eigenvalue weighted by molar-refractivity contribution is 0.0775. The summed E-state index contributed by atoms with van der Waals surface area (Å²) in [6.07, 6.45) is 6.65. The summed E-state index contributed by atoms with van der Waals surface area (Å²) in [7, 11) is 0. The quantitative estimate of drug-likeness (QED) is 0.192. The largest absolute Gasteiger partial charge is 0.399 e. The molecule has 1 saturated carbocycles. The normalized spacial score (nSPS) is 21.4. The van der Waals surface area contributed by atoms with Gasteiger partial charge in [0.2, 0.25) is 5.95 Å². The van der Waals surface area contributed by atoms with E-state index in [0.717, 1.165) is 47.7 Å². The van der Waals surface area contributed by atoms with Gasteiger partial charge >= 0.3 is 0 Å². The molecule has 2 unspecified atom stereocenters. The van der Waals surface area contributed by atoms with E-state index in [1.54, 1.807) is 18.3 Å². The average molecular weight is 477 g/mol. The molecule has 2 aromatic carbocycles. The minimum atomic E-state index is -0.760. The van der Waals surface area contributed by atoms with Gasteiger partial charge in [0.1, 0.15) is 6.23 Å². The molecular weight excluding hydrogens is 448 g/mol. The minimum Gasteiger partial charge on any atom is -0.399 e. The van der Waals surface area contributed by atoms with Gasteiger partial charge in [0.15, 0.2) is 0 Å². The summed E-state index contributed by atoms with van der Waals surface area (Å²) >= 11 is 6.49. The maximum Gasteiger partial charge on any atom is 0.223 e. The van der Waals surface area contributed by atoms with E-state index in [2.05, 4.69) is 33.6 Å². The van der Waals surface area contributed by atoms with Crippen LogP contribution < -0.4 is 16.4 Å². The van der Waals surface area contributed by atoms with Crippen LogP contribution in [0.25, 0.3) is 22.2 Å². The molecule has 3 atom stereocenters. The van der Waals surface area contributed by atoms with Gasteiger partial charge in [-0.3, -0.25) is 5.32 Å². The summed E-state index contributed by atoms with van der Waals surface area (Å²) in [6.45, 7) is 2.15. The van der Waals surface area contributed by atoms with E-state index in [0.29, 0.717) is 22.4 Å². The number of hydrogen-bond acceptors (Lipinski definition) is 6. The maximum absolute atomic E-state index is 10.7. The molecule has 2 heterocycles. The first-order chi connectivity index (χ1) is 16.4. The van der Waals surface area contributed by atoms with E-state index in [4.69, 9.17) is 22.3 Å². The van der Waals surface area contributed by atoms with Crippen LogP contribution in [0.15, 0.2) is 60.9 Å². The van der Waals surface area contributed by atoms with Gasteiger partial charge in [-0.2, -0.15) is 0 Å². The summed E-state index contributed by atoms with van der Waals surface area (Å²) in [5.41, 5.74) is 9.71. The molecule has 6 N–H and O–H groups in total. The minimum absolute atomic E-state index is 0.168. The molecule has 1 aliphatic carbocycles. The highest BCUT2D eigenvalue weighted by atomic mass is 35.5. The van der Waals surface area contributed by atoms with Gasteiger partial charge in [-0.25, -0.2) is 9.97 Å². The number of benzene rings is 2. The fourth-order valence-corrected chi connectivity index (χ4v) is 5.10. The highest BCUT2D eigenvalue weighted by Crippen LogP contribution is 2.34. The number of hydrogen-bond donors (Lipinski definition) is 5. The van der Waals surface area contributed by atoms with Crippen molar-refractivity contribution in [2.24, 2.45) is 0 Å². The van der Waals surface area contributed by atoms with Gasteiger partial charge in [-0.05, 0) is 56.4 Å². The zero-order valence-corrected chi connectivity index (χ0v) is 19.8. The number of aliphatic hydroxyl groups is 1.